The lowest BCUT2D eigenvalue weighted by Gasteiger charge is -2.33. The van der Waals surface area contributed by atoms with Gasteiger partial charge in [0.2, 0.25) is 0 Å². The fourth-order valence-corrected chi connectivity index (χ4v) is 3.78. The van der Waals surface area contributed by atoms with Crippen LogP contribution < -0.4 is 0 Å². The molecule has 0 radical (unpaired) electrons. The van der Waals surface area contributed by atoms with E-state index in [1.54, 1.807) is 0 Å². The minimum absolute atomic E-state index is 0.0849. The smallest absolute Gasteiger partial charge is 0.123 e. The monoisotopic (exact) mass is 346 g/mol. The third-order valence-electron chi connectivity index (χ3n) is 5.46. The van der Waals surface area contributed by atoms with Gasteiger partial charge >= 0.3 is 0 Å². The second-order valence-corrected chi connectivity index (χ2v) is 9.87. The number of aromatic hydroxyl groups is 1. The average molecular weight is 347 g/mol. The van der Waals surface area contributed by atoms with Gasteiger partial charge in [-0.3, -0.25) is 0 Å². The highest BCUT2D eigenvalue weighted by Gasteiger charge is 2.30. The van der Waals surface area contributed by atoms with Gasteiger partial charge in [0.15, 0.2) is 0 Å². The van der Waals surface area contributed by atoms with Crippen LogP contribution in [-0.4, -0.2) is 11.7 Å². The van der Waals surface area contributed by atoms with Crippen molar-refractivity contribution in [1.82, 2.24) is 0 Å². The van der Waals surface area contributed by atoms with Crippen molar-refractivity contribution in [2.45, 2.75) is 97.5 Å². The highest BCUT2D eigenvalue weighted by molar-refractivity contribution is 5.50. The van der Waals surface area contributed by atoms with Crippen molar-refractivity contribution in [3.63, 3.8) is 0 Å². The Morgan fingerprint density at radius 1 is 1.00 bits per heavy atom. The van der Waals surface area contributed by atoms with Gasteiger partial charge < -0.3 is 9.84 Å². The number of ether oxygens (including phenoxy) is 1. The highest BCUT2D eigenvalue weighted by atomic mass is 16.5. The molecule has 25 heavy (non-hydrogen) atoms. The molecule has 1 heterocycles. The molecule has 1 fully saturated rings. The molecule has 142 valence electrons. The van der Waals surface area contributed by atoms with Gasteiger partial charge in [-0.2, -0.15) is 0 Å². The lowest BCUT2D eigenvalue weighted by molar-refractivity contribution is -0.0199. The Kier molecular flexibility index (Phi) is 6.25. The first-order chi connectivity index (χ1) is 11.5. The normalized spacial score (nSPS) is 22.2. The predicted octanol–water partition coefficient (Wildman–Crippen LogP) is 6.65. The predicted molar refractivity (Wildman–Crippen MR) is 106 cm³/mol. The maximum absolute atomic E-state index is 10.9. The van der Waals surface area contributed by atoms with Crippen molar-refractivity contribution in [2.24, 2.45) is 5.92 Å². The molecule has 1 aliphatic rings. The van der Waals surface area contributed by atoms with Crippen LogP contribution in [0.5, 0.6) is 5.75 Å². The van der Waals surface area contributed by atoms with E-state index in [2.05, 4.69) is 60.6 Å². The van der Waals surface area contributed by atoms with Gasteiger partial charge in [0.25, 0.3) is 0 Å². The Bertz CT molecular complexity index is 532. The number of rotatable bonds is 4. The Hall–Kier alpha value is -1.02. The second kappa shape index (κ2) is 7.70. The summed E-state index contributed by atoms with van der Waals surface area (Å²) < 4.78 is 6.27. The fourth-order valence-electron chi connectivity index (χ4n) is 3.78. The van der Waals surface area contributed by atoms with Crippen LogP contribution in [0.25, 0.3) is 0 Å². The molecule has 0 aliphatic carbocycles. The molecule has 0 bridgehead atoms. The molecule has 2 unspecified atom stereocenters. The maximum atomic E-state index is 10.9. The van der Waals surface area contributed by atoms with Crippen molar-refractivity contribution in [1.29, 1.82) is 0 Å². The zero-order valence-electron chi connectivity index (χ0n) is 17.4. The van der Waals surface area contributed by atoms with Gasteiger partial charge in [0.05, 0.1) is 12.7 Å². The molecule has 0 amide bonds. The minimum Gasteiger partial charge on any atom is -0.507 e. The summed E-state index contributed by atoms with van der Waals surface area (Å²) in [6, 6.07) is 4.36. The standard InChI is InChI=1S/C23H38O2/c1-8-9-10-16-11-12-20(25-15-16)17-13-18(22(2,3)4)21(24)19(14-17)23(5,6)7/h13-14,16,20,24H,8-12,15H2,1-7H3. The Balaban J connectivity index is 2.30. The Labute approximate surface area is 155 Å². The molecule has 1 aromatic carbocycles. The largest absolute Gasteiger partial charge is 0.507 e. The van der Waals surface area contributed by atoms with Crippen molar-refractivity contribution in [2.75, 3.05) is 6.61 Å². The lowest BCUT2D eigenvalue weighted by atomic mass is 9.77. The molecular weight excluding hydrogens is 308 g/mol. The Morgan fingerprint density at radius 2 is 1.56 bits per heavy atom. The zero-order valence-corrected chi connectivity index (χ0v) is 17.4. The number of hydrogen-bond donors (Lipinski definition) is 1. The van der Waals surface area contributed by atoms with Crippen LogP contribution in [-0.2, 0) is 15.6 Å². The van der Waals surface area contributed by atoms with Crippen LogP contribution in [0.2, 0.25) is 0 Å². The van der Waals surface area contributed by atoms with E-state index in [-0.39, 0.29) is 16.9 Å². The SMILES string of the molecule is CCCCC1CCC(c2cc(C(C)(C)C)c(O)c(C(C)(C)C)c2)OC1. The summed E-state index contributed by atoms with van der Waals surface area (Å²) >= 11 is 0. The average Bonchev–Trinajstić information content (AvgIpc) is 2.51. The third-order valence-corrected chi connectivity index (χ3v) is 5.46. The first-order valence-corrected chi connectivity index (χ1v) is 10.0. The first-order valence-electron chi connectivity index (χ1n) is 10.0. The van der Waals surface area contributed by atoms with Crippen LogP contribution in [0.15, 0.2) is 12.1 Å². The van der Waals surface area contributed by atoms with Crippen LogP contribution >= 0.6 is 0 Å². The summed E-state index contributed by atoms with van der Waals surface area (Å²) in [7, 11) is 0. The number of unbranched alkanes of at least 4 members (excludes halogenated alkanes) is 1. The molecule has 2 heteroatoms. The van der Waals surface area contributed by atoms with Crippen molar-refractivity contribution in [3.05, 3.63) is 28.8 Å². The molecule has 0 saturated carbocycles. The summed E-state index contributed by atoms with van der Waals surface area (Å²) in [6.45, 7) is 16.1. The van der Waals surface area contributed by atoms with Gasteiger partial charge in [-0.05, 0) is 64.8 Å². The summed E-state index contributed by atoms with van der Waals surface area (Å²) in [5.41, 5.74) is 3.14. The molecular formula is C23H38O2. The number of phenols is 1. The third kappa shape index (κ3) is 5.00. The van der Waals surface area contributed by atoms with E-state index in [1.165, 1.54) is 31.2 Å². The topological polar surface area (TPSA) is 29.5 Å². The van der Waals surface area contributed by atoms with E-state index in [0.29, 0.717) is 5.75 Å². The Morgan fingerprint density at radius 3 is 1.96 bits per heavy atom. The van der Waals surface area contributed by atoms with Crippen molar-refractivity contribution >= 4 is 0 Å². The summed E-state index contributed by atoms with van der Waals surface area (Å²) in [6.07, 6.45) is 6.37. The quantitative estimate of drug-likeness (QED) is 0.661. The summed E-state index contributed by atoms with van der Waals surface area (Å²) in [4.78, 5) is 0. The number of hydrogen-bond acceptors (Lipinski definition) is 2. The zero-order chi connectivity index (χ0) is 18.8. The van der Waals surface area contributed by atoms with Gasteiger partial charge in [0.1, 0.15) is 5.75 Å². The van der Waals surface area contributed by atoms with Gasteiger partial charge in [-0.1, -0.05) is 61.3 Å². The van der Waals surface area contributed by atoms with Crippen molar-refractivity contribution < 1.29 is 9.84 Å². The molecule has 0 spiro atoms. The minimum atomic E-state index is -0.0849. The summed E-state index contributed by atoms with van der Waals surface area (Å²) in [5, 5.41) is 10.9. The van der Waals surface area contributed by atoms with Crippen LogP contribution in [0, 0.1) is 5.92 Å². The van der Waals surface area contributed by atoms with Gasteiger partial charge in [0, 0.05) is 0 Å². The van der Waals surface area contributed by atoms with E-state index in [9.17, 15) is 5.11 Å². The molecule has 1 saturated heterocycles. The number of phenolic OH excluding ortho intramolecular Hbond substituents is 1. The maximum Gasteiger partial charge on any atom is 0.123 e. The van der Waals surface area contributed by atoms with E-state index in [4.69, 9.17) is 4.74 Å². The molecule has 2 atom stereocenters. The molecule has 2 nitrogen and oxygen atoms in total. The van der Waals surface area contributed by atoms with Gasteiger partial charge in [-0.15, -0.1) is 0 Å². The van der Waals surface area contributed by atoms with Crippen LogP contribution in [0.3, 0.4) is 0 Å². The summed E-state index contributed by atoms with van der Waals surface area (Å²) in [5.74, 6) is 1.18. The second-order valence-electron chi connectivity index (χ2n) is 9.87. The molecule has 1 N–H and O–H groups in total. The highest BCUT2D eigenvalue weighted by Crippen LogP contribution is 2.43. The van der Waals surface area contributed by atoms with Crippen LogP contribution in [0.1, 0.15) is 103 Å². The van der Waals surface area contributed by atoms with E-state index >= 15 is 0 Å². The fraction of sp³-hybridized carbons (Fsp3) is 0.739. The first kappa shape index (κ1) is 20.3. The van der Waals surface area contributed by atoms with E-state index in [1.807, 2.05) is 0 Å². The molecule has 1 aromatic rings. The van der Waals surface area contributed by atoms with Crippen molar-refractivity contribution in [3.8, 4) is 5.75 Å². The van der Waals surface area contributed by atoms with E-state index in [0.717, 1.165) is 30.1 Å². The molecule has 2 rings (SSSR count). The van der Waals surface area contributed by atoms with E-state index < -0.39 is 0 Å². The number of benzene rings is 1. The lowest BCUT2D eigenvalue weighted by Crippen LogP contribution is -2.23. The molecule has 1 aliphatic heterocycles. The van der Waals surface area contributed by atoms with Crippen LogP contribution in [0.4, 0.5) is 0 Å². The molecule has 0 aromatic heterocycles. The van der Waals surface area contributed by atoms with Gasteiger partial charge in [-0.25, -0.2) is 0 Å².